The minimum Gasteiger partial charge on any atom is -0.478 e. The molecule has 2 aromatic heterocycles. The number of hydrogen-bond donors (Lipinski definition) is 1. The van der Waals surface area contributed by atoms with Gasteiger partial charge in [0.25, 0.3) is 5.91 Å². The van der Waals surface area contributed by atoms with E-state index >= 15 is 0 Å². The number of amides is 1. The van der Waals surface area contributed by atoms with Crippen LogP contribution in [0, 0.1) is 0 Å². The molecule has 1 aliphatic rings. The van der Waals surface area contributed by atoms with E-state index in [1.807, 2.05) is 0 Å². The van der Waals surface area contributed by atoms with Crippen molar-refractivity contribution in [2.45, 2.75) is 24.9 Å². The molecule has 6 nitrogen and oxygen atoms in total. The van der Waals surface area contributed by atoms with Crippen LogP contribution in [0.2, 0.25) is 0 Å². The molecule has 3 rings (SSSR count). The van der Waals surface area contributed by atoms with E-state index in [0.29, 0.717) is 24.4 Å². The molecule has 2 aromatic rings. The minimum atomic E-state index is -4.49. The van der Waals surface area contributed by atoms with Crippen LogP contribution in [0.5, 0.6) is 0 Å². The summed E-state index contributed by atoms with van der Waals surface area (Å²) in [5.74, 6) is -1.89. The van der Waals surface area contributed by atoms with Gasteiger partial charge in [0, 0.05) is 30.6 Å². The second-order valence-electron chi connectivity index (χ2n) is 5.89. The van der Waals surface area contributed by atoms with Gasteiger partial charge >= 0.3 is 12.1 Å². The lowest BCUT2D eigenvalue weighted by molar-refractivity contribution is -0.140. The van der Waals surface area contributed by atoms with Crippen LogP contribution in [-0.2, 0) is 6.18 Å². The number of carbonyl (C=O) groups excluding carboxylic acids is 1. The standard InChI is InChI=1S/C16H14F3N3O3S/c17-16(18,19)12-8-26-13(21-12)10-2-1-5-22(7-10)14(23)11-6-9(15(24)25)3-4-20-11/h3-4,6,8,10H,1-2,5,7H2,(H,24,25). The molecule has 10 heteroatoms. The van der Waals surface area contributed by atoms with E-state index in [4.69, 9.17) is 5.11 Å². The largest absolute Gasteiger partial charge is 0.478 e. The fourth-order valence-corrected chi connectivity index (χ4v) is 3.77. The highest BCUT2D eigenvalue weighted by atomic mass is 32.1. The number of halogens is 3. The van der Waals surface area contributed by atoms with Crippen molar-refractivity contribution in [3.05, 3.63) is 45.7 Å². The summed E-state index contributed by atoms with van der Waals surface area (Å²) in [5.41, 5.74) is -0.968. The van der Waals surface area contributed by atoms with Gasteiger partial charge < -0.3 is 10.0 Å². The molecule has 1 atom stereocenters. The van der Waals surface area contributed by atoms with E-state index in [1.165, 1.54) is 23.2 Å². The summed E-state index contributed by atoms with van der Waals surface area (Å²) in [7, 11) is 0. The Morgan fingerprint density at radius 2 is 2.12 bits per heavy atom. The van der Waals surface area contributed by atoms with Crippen molar-refractivity contribution in [3.8, 4) is 0 Å². The summed E-state index contributed by atoms with van der Waals surface area (Å²) in [5, 5.41) is 10.3. The van der Waals surface area contributed by atoms with Gasteiger partial charge in [-0.25, -0.2) is 9.78 Å². The zero-order chi connectivity index (χ0) is 18.9. The normalized spacial score (nSPS) is 18.0. The van der Waals surface area contributed by atoms with Crippen molar-refractivity contribution in [2.24, 2.45) is 0 Å². The highest BCUT2D eigenvalue weighted by molar-refractivity contribution is 7.09. The van der Waals surface area contributed by atoms with Crippen LogP contribution in [0.4, 0.5) is 13.2 Å². The Balaban J connectivity index is 1.76. The Morgan fingerprint density at radius 3 is 2.77 bits per heavy atom. The molecule has 0 spiro atoms. The number of rotatable bonds is 3. The van der Waals surface area contributed by atoms with Crippen LogP contribution < -0.4 is 0 Å². The predicted octanol–water partition coefficient (Wildman–Crippen LogP) is 3.27. The van der Waals surface area contributed by atoms with E-state index in [0.717, 1.165) is 16.7 Å². The number of alkyl halides is 3. The summed E-state index contributed by atoms with van der Waals surface area (Å²) < 4.78 is 38.2. The Hall–Kier alpha value is -2.49. The molecule has 0 radical (unpaired) electrons. The fraction of sp³-hybridized carbons (Fsp3) is 0.375. The number of carboxylic acid groups (broad SMARTS) is 1. The molecule has 1 N–H and O–H groups in total. The smallest absolute Gasteiger partial charge is 0.434 e. The molecule has 138 valence electrons. The van der Waals surface area contributed by atoms with E-state index in [1.54, 1.807) is 0 Å². The second-order valence-corrected chi connectivity index (χ2v) is 6.78. The molecule has 0 bridgehead atoms. The maximum absolute atomic E-state index is 12.7. The Labute approximate surface area is 150 Å². The van der Waals surface area contributed by atoms with Gasteiger partial charge in [-0.15, -0.1) is 11.3 Å². The van der Waals surface area contributed by atoms with E-state index in [-0.39, 0.29) is 23.7 Å². The first kappa shape index (κ1) is 18.3. The number of thiazole rings is 1. The maximum Gasteiger partial charge on any atom is 0.434 e. The minimum absolute atomic E-state index is 0.000620. The van der Waals surface area contributed by atoms with Crippen molar-refractivity contribution >= 4 is 23.2 Å². The molecular weight excluding hydrogens is 371 g/mol. The average Bonchev–Trinajstić information content (AvgIpc) is 3.12. The van der Waals surface area contributed by atoms with Crippen LogP contribution in [0.3, 0.4) is 0 Å². The first-order valence-electron chi connectivity index (χ1n) is 7.77. The molecule has 3 heterocycles. The van der Waals surface area contributed by atoms with Gasteiger partial charge in [0.1, 0.15) is 5.69 Å². The van der Waals surface area contributed by atoms with E-state index < -0.39 is 23.7 Å². The third-order valence-corrected chi connectivity index (χ3v) is 5.10. The number of aromatic nitrogens is 2. The van der Waals surface area contributed by atoms with E-state index in [9.17, 15) is 22.8 Å². The van der Waals surface area contributed by atoms with Crippen molar-refractivity contribution in [1.82, 2.24) is 14.9 Å². The lowest BCUT2D eigenvalue weighted by Gasteiger charge is -2.31. The monoisotopic (exact) mass is 385 g/mol. The molecule has 1 saturated heterocycles. The summed E-state index contributed by atoms with van der Waals surface area (Å²) in [6.45, 7) is 0.661. The van der Waals surface area contributed by atoms with Crippen LogP contribution in [0.1, 0.15) is 50.3 Å². The fourth-order valence-electron chi connectivity index (χ4n) is 2.81. The number of carbonyl (C=O) groups is 2. The zero-order valence-corrected chi connectivity index (χ0v) is 14.2. The quantitative estimate of drug-likeness (QED) is 0.877. The van der Waals surface area contributed by atoms with Crippen LogP contribution in [0.25, 0.3) is 0 Å². The maximum atomic E-state index is 12.7. The Bertz CT molecular complexity index is 837. The zero-order valence-electron chi connectivity index (χ0n) is 13.4. The first-order valence-corrected chi connectivity index (χ1v) is 8.65. The number of carboxylic acids is 1. The van der Waals surface area contributed by atoms with Crippen molar-refractivity contribution < 1.29 is 27.9 Å². The number of hydrogen-bond acceptors (Lipinski definition) is 5. The second kappa shape index (κ2) is 7.02. The van der Waals surface area contributed by atoms with Crippen molar-refractivity contribution in [2.75, 3.05) is 13.1 Å². The van der Waals surface area contributed by atoms with Crippen LogP contribution in [-0.4, -0.2) is 44.9 Å². The summed E-state index contributed by atoms with van der Waals surface area (Å²) in [4.78, 5) is 32.7. The molecule has 0 aromatic carbocycles. The lowest BCUT2D eigenvalue weighted by atomic mass is 9.98. The molecule has 1 unspecified atom stereocenters. The number of nitrogens with zero attached hydrogens (tertiary/aromatic N) is 3. The number of pyridine rings is 1. The SMILES string of the molecule is O=C(O)c1ccnc(C(=O)N2CCCC(c3nc(C(F)(F)F)cs3)C2)c1. The summed E-state index contributed by atoms with van der Waals surface area (Å²) in [6, 6.07) is 2.48. The number of likely N-dealkylation sites (tertiary alicyclic amines) is 1. The third-order valence-electron chi connectivity index (χ3n) is 4.10. The number of piperidine rings is 1. The molecule has 1 fully saturated rings. The average molecular weight is 385 g/mol. The van der Waals surface area contributed by atoms with Gasteiger partial charge in [0.15, 0.2) is 5.69 Å². The van der Waals surface area contributed by atoms with Crippen molar-refractivity contribution in [3.63, 3.8) is 0 Å². The molecule has 0 aliphatic carbocycles. The molecular formula is C16H14F3N3O3S. The van der Waals surface area contributed by atoms with Gasteiger partial charge in [0.2, 0.25) is 0 Å². The predicted molar refractivity (Wildman–Crippen MR) is 86.2 cm³/mol. The Kier molecular flexibility index (Phi) is 4.94. The molecule has 0 saturated carbocycles. The van der Waals surface area contributed by atoms with Gasteiger partial charge in [0.05, 0.1) is 10.6 Å². The van der Waals surface area contributed by atoms with E-state index in [2.05, 4.69) is 9.97 Å². The highest BCUT2D eigenvalue weighted by Crippen LogP contribution is 2.35. The highest BCUT2D eigenvalue weighted by Gasteiger charge is 2.35. The molecule has 1 amide bonds. The van der Waals surface area contributed by atoms with Gasteiger partial charge in [-0.3, -0.25) is 9.78 Å². The van der Waals surface area contributed by atoms with Gasteiger partial charge in [-0.2, -0.15) is 13.2 Å². The summed E-state index contributed by atoms with van der Waals surface area (Å²) >= 11 is 0.936. The topological polar surface area (TPSA) is 83.4 Å². The lowest BCUT2D eigenvalue weighted by Crippen LogP contribution is -2.39. The molecule has 26 heavy (non-hydrogen) atoms. The van der Waals surface area contributed by atoms with Crippen LogP contribution >= 0.6 is 11.3 Å². The van der Waals surface area contributed by atoms with Gasteiger partial charge in [-0.1, -0.05) is 0 Å². The van der Waals surface area contributed by atoms with Crippen molar-refractivity contribution in [1.29, 1.82) is 0 Å². The number of aromatic carboxylic acids is 1. The summed E-state index contributed by atoms with van der Waals surface area (Å²) in [6.07, 6.45) is -1.98. The Morgan fingerprint density at radius 1 is 1.35 bits per heavy atom. The van der Waals surface area contributed by atoms with Crippen LogP contribution in [0.15, 0.2) is 23.7 Å². The first-order chi connectivity index (χ1) is 12.3. The third kappa shape index (κ3) is 3.85. The van der Waals surface area contributed by atoms with Gasteiger partial charge in [-0.05, 0) is 25.0 Å². The molecule has 1 aliphatic heterocycles.